The number of ether oxygens (including phenoxy) is 2. The number of aromatic nitrogens is 4. The number of rotatable bonds is 5. The highest BCUT2D eigenvalue weighted by molar-refractivity contribution is 8.10. The van der Waals surface area contributed by atoms with E-state index < -0.39 is 15.8 Å². The zero-order chi connectivity index (χ0) is 20.2. The van der Waals surface area contributed by atoms with E-state index in [9.17, 15) is 4.79 Å². The number of hydrogen-bond acceptors (Lipinski definition) is 8. The highest BCUT2D eigenvalue weighted by Crippen LogP contribution is 2.49. The van der Waals surface area contributed by atoms with Crippen LogP contribution in [0, 0.1) is 0 Å². The van der Waals surface area contributed by atoms with E-state index in [1.54, 1.807) is 0 Å². The molecular weight excluding hydrogens is 398 g/mol. The molecule has 2 heterocycles. The third-order valence-corrected chi connectivity index (χ3v) is 6.18. The molecule has 0 saturated carbocycles. The van der Waals surface area contributed by atoms with Crippen molar-refractivity contribution >= 4 is 30.5 Å². The molecule has 1 unspecified atom stereocenters. The molecule has 1 fully saturated rings. The lowest BCUT2D eigenvalue weighted by atomic mass is 9.98. The van der Waals surface area contributed by atoms with Crippen molar-refractivity contribution in [2.75, 3.05) is 6.61 Å². The summed E-state index contributed by atoms with van der Waals surface area (Å²) in [5.74, 6) is 0. The van der Waals surface area contributed by atoms with E-state index in [4.69, 9.17) is 22.1 Å². The molecule has 1 saturated heterocycles. The molecule has 2 aromatic rings. The van der Waals surface area contributed by atoms with Gasteiger partial charge in [-0.25, -0.2) is 4.79 Å². The fourth-order valence-electron chi connectivity index (χ4n) is 2.97. The third-order valence-electron chi connectivity index (χ3n) is 4.19. The van der Waals surface area contributed by atoms with Crippen LogP contribution < -0.4 is 5.32 Å². The second-order valence-corrected chi connectivity index (χ2v) is 9.82. The van der Waals surface area contributed by atoms with Gasteiger partial charge in [-0.2, -0.15) is 17.8 Å². The zero-order valence-corrected chi connectivity index (χ0v) is 17.8. The third kappa shape index (κ3) is 5.39. The number of nitrogens with zero attached hydrogens (tertiary/aromatic N) is 3. The van der Waals surface area contributed by atoms with Gasteiger partial charge in [0.2, 0.25) is 5.16 Å². The number of thiol groups is 1. The number of amides is 1. The first-order valence-corrected chi connectivity index (χ1v) is 10.3. The summed E-state index contributed by atoms with van der Waals surface area (Å²) < 4.78 is 10.8. The highest BCUT2D eigenvalue weighted by Gasteiger charge is 2.43. The van der Waals surface area contributed by atoms with E-state index in [-0.39, 0.29) is 12.1 Å². The molecule has 0 spiro atoms. The first-order chi connectivity index (χ1) is 13.3. The number of carbonyl (C=O) groups excluding carboxylic acids is 1. The molecular formula is C18H25N5O3S2. The van der Waals surface area contributed by atoms with Crippen molar-refractivity contribution in [1.29, 1.82) is 0 Å². The summed E-state index contributed by atoms with van der Waals surface area (Å²) in [7, 11) is 0. The summed E-state index contributed by atoms with van der Waals surface area (Å²) in [4.78, 5) is 12.0. The zero-order valence-electron chi connectivity index (χ0n) is 16.1. The second-order valence-electron chi connectivity index (χ2n) is 7.60. The lowest BCUT2D eigenvalue weighted by Crippen LogP contribution is -2.48. The maximum absolute atomic E-state index is 12.0. The Morgan fingerprint density at radius 3 is 2.64 bits per heavy atom. The Kier molecular flexibility index (Phi) is 6.51. The van der Waals surface area contributed by atoms with Crippen molar-refractivity contribution in [3.63, 3.8) is 0 Å². The Morgan fingerprint density at radius 2 is 2.07 bits per heavy atom. The van der Waals surface area contributed by atoms with Crippen LogP contribution in [0.25, 0.3) is 0 Å². The monoisotopic (exact) mass is 423 g/mol. The van der Waals surface area contributed by atoms with Crippen molar-refractivity contribution in [2.24, 2.45) is 0 Å². The number of H-pyrrole nitrogens is 1. The molecule has 1 aromatic heterocycles. The second kappa shape index (κ2) is 8.71. The van der Waals surface area contributed by atoms with Crippen LogP contribution in [0.15, 0.2) is 35.5 Å². The summed E-state index contributed by atoms with van der Waals surface area (Å²) in [6, 6.07) is 9.80. The van der Waals surface area contributed by atoms with Gasteiger partial charge in [-0.05, 0) is 44.4 Å². The Balaban J connectivity index is 1.67. The summed E-state index contributed by atoms with van der Waals surface area (Å²) >= 11 is 6.39. The predicted octanol–water partition coefficient (Wildman–Crippen LogP) is 3.15. The van der Waals surface area contributed by atoms with E-state index in [1.165, 1.54) is 11.8 Å². The van der Waals surface area contributed by atoms with Crippen molar-refractivity contribution in [1.82, 2.24) is 25.9 Å². The topological polar surface area (TPSA) is 102 Å². The summed E-state index contributed by atoms with van der Waals surface area (Å²) in [6.07, 6.45) is 0.842. The number of benzene rings is 1. The first-order valence-electron chi connectivity index (χ1n) is 9.08. The average Bonchev–Trinajstić information content (AvgIpc) is 3.14. The quantitative estimate of drug-likeness (QED) is 0.386. The fraction of sp³-hybridized carbons (Fsp3) is 0.556. The molecule has 2 N–H and O–H groups in total. The van der Waals surface area contributed by atoms with Crippen molar-refractivity contribution in [3.05, 3.63) is 35.9 Å². The van der Waals surface area contributed by atoms with Gasteiger partial charge in [-0.3, -0.25) is 0 Å². The predicted molar refractivity (Wildman–Crippen MR) is 109 cm³/mol. The van der Waals surface area contributed by atoms with Gasteiger partial charge in [0.1, 0.15) is 9.68 Å². The Hall–Kier alpha value is -1.78. The van der Waals surface area contributed by atoms with E-state index in [2.05, 4.69) is 25.9 Å². The summed E-state index contributed by atoms with van der Waals surface area (Å²) in [5, 5.41) is 17.6. The number of tetrazole rings is 1. The number of thioether (sulfide) groups is 1. The Bertz CT molecular complexity index is 761. The maximum Gasteiger partial charge on any atom is 0.407 e. The van der Waals surface area contributed by atoms with Crippen molar-refractivity contribution in [3.8, 4) is 0 Å². The van der Waals surface area contributed by atoms with Crippen molar-refractivity contribution < 1.29 is 14.3 Å². The molecule has 8 nitrogen and oxygen atoms in total. The van der Waals surface area contributed by atoms with Crippen LogP contribution in [0.1, 0.15) is 39.2 Å². The Morgan fingerprint density at radius 1 is 1.32 bits per heavy atom. The van der Waals surface area contributed by atoms with Crippen LogP contribution in [0.4, 0.5) is 4.79 Å². The molecule has 1 aliphatic rings. The normalized spacial score (nSPS) is 22.3. The largest absolute Gasteiger partial charge is 0.444 e. The molecule has 3 atom stereocenters. The molecule has 152 valence electrons. The smallest absolute Gasteiger partial charge is 0.407 e. The molecule has 1 aromatic carbocycles. The van der Waals surface area contributed by atoms with Gasteiger partial charge in [0.15, 0.2) is 0 Å². The van der Waals surface area contributed by atoms with Crippen LogP contribution in [0.3, 0.4) is 0 Å². The number of alkyl carbamates (subject to hydrolysis) is 1. The summed E-state index contributed by atoms with van der Waals surface area (Å²) in [5.41, 5.74) is 0.466. The van der Waals surface area contributed by atoms with Gasteiger partial charge >= 0.3 is 6.09 Å². The number of hydrogen-bond donors (Lipinski definition) is 3. The van der Waals surface area contributed by atoms with Gasteiger partial charge in [-0.1, -0.05) is 42.1 Å². The minimum atomic E-state index is -0.692. The van der Waals surface area contributed by atoms with Crippen LogP contribution >= 0.6 is 24.4 Å². The minimum Gasteiger partial charge on any atom is -0.444 e. The lowest BCUT2D eigenvalue weighted by Gasteiger charge is -2.40. The molecule has 28 heavy (non-hydrogen) atoms. The van der Waals surface area contributed by atoms with Gasteiger partial charge in [0, 0.05) is 0 Å². The SMILES string of the molecule is CC(C)(C)OC(=O)N[C@@H]1CC[C@@H](C(S)(Sc2nn[nH]n2)c2ccccc2)OC1. The van der Waals surface area contributed by atoms with Gasteiger partial charge in [0.05, 0.1) is 18.8 Å². The van der Waals surface area contributed by atoms with E-state index >= 15 is 0 Å². The average molecular weight is 424 g/mol. The number of carbonyl (C=O) groups is 1. The number of nitrogens with one attached hydrogen (secondary N) is 2. The first kappa shape index (κ1) is 20.9. The molecule has 1 amide bonds. The van der Waals surface area contributed by atoms with Gasteiger partial charge in [-0.15, -0.1) is 10.2 Å². The van der Waals surface area contributed by atoms with E-state index in [0.717, 1.165) is 12.0 Å². The van der Waals surface area contributed by atoms with Gasteiger partial charge < -0.3 is 14.8 Å². The van der Waals surface area contributed by atoms with Crippen LogP contribution in [0.5, 0.6) is 0 Å². The maximum atomic E-state index is 12.0. The van der Waals surface area contributed by atoms with Gasteiger partial charge in [0.25, 0.3) is 0 Å². The minimum absolute atomic E-state index is 0.102. The Labute approximate surface area is 173 Å². The highest BCUT2D eigenvalue weighted by atomic mass is 32.2. The lowest BCUT2D eigenvalue weighted by molar-refractivity contribution is -0.0137. The number of aromatic amines is 1. The van der Waals surface area contributed by atoms with Crippen LogP contribution in [-0.2, 0) is 13.6 Å². The van der Waals surface area contributed by atoms with E-state index in [1.807, 2.05) is 51.1 Å². The standard InChI is InChI=1S/C18H25N5O3S2/c1-17(2,3)26-16(24)19-13-9-10-14(25-11-13)18(27,12-7-5-4-6-8-12)28-15-20-22-23-21-15/h4-8,13-14,27H,9-11H2,1-3H3,(H,19,24)(H,20,21,22,23)/t13-,14+,18?/m1/s1. The van der Waals surface area contributed by atoms with Crippen LogP contribution in [0.2, 0.25) is 0 Å². The van der Waals surface area contributed by atoms with E-state index in [0.29, 0.717) is 18.2 Å². The van der Waals surface area contributed by atoms with Crippen molar-refractivity contribution in [2.45, 2.75) is 60.6 Å². The molecule has 10 heteroatoms. The molecule has 0 radical (unpaired) electrons. The molecule has 0 bridgehead atoms. The molecule has 0 aliphatic carbocycles. The fourth-order valence-corrected chi connectivity index (χ4v) is 4.59. The van der Waals surface area contributed by atoms with Crippen LogP contribution in [-0.4, -0.2) is 51.1 Å². The molecule has 1 aliphatic heterocycles. The molecule has 3 rings (SSSR count). The summed E-state index contributed by atoms with van der Waals surface area (Å²) in [6.45, 7) is 5.89.